The third kappa shape index (κ3) is 2.25. The lowest BCUT2D eigenvalue weighted by Crippen LogP contribution is -2.36. The second-order valence-electron chi connectivity index (χ2n) is 5.12. The third-order valence-corrected chi connectivity index (χ3v) is 3.65. The summed E-state index contributed by atoms with van der Waals surface area (Å²) in [6.45, 7) is 1.98. The average Bonchev–Trinajstić information content (AvgIpc) is 2.46. The van der Waals surface area contributed by atoms with Gasteiger partial charge in [-0.05, 0) is 18.6 Å². The molecule has 0 aliphatic carbocycles. The summed E-state index contributed by atoms with van der Waals surface area (Å²) >= 11 is 0. The molecule has 4 nitrogen and oxygen atoms in total. The number of hydrogen-bond donors (Lipinski definition) is 0. The van der Waals surface area contributed by atoms with Crippen LogP contribution in [0.3, 0.4) is 0 Å². The Kier molecular flexibility index (Phi) is 3.14. The van der Waals surface area contributed by atoms with Gasteiger partial charge in [0, 0.05) is 16.9 Å². The number of nitro groups is 1. The van der Waals surface area contributed by atoms with Gasteiger partial charge in [0.2, 0.25) is 0 Å². The normalized spacial score (nSPS) is 20.9. The van der Waals surface area contributed by atoms with E-state index in [9.17, 15) is 10.1 Å². The van der Waals surface area contributed by atoms with Crippen molar-refractivity contribution in [1.82, 2.24) is 0 Å². The van der Waals surface area contributed by atoms with Crippen LogP contribution >= 0.6 is 0 Å². The summed E-state index contributed by atoms with van der Waals surface area (Å²) in [5, 5.41) is 11.4. The molecule has 0 saturated heterocycles. The molecular weight excluding hydrogens is 254 g/mol. The van der Waals surface area contributed by atoms with E-state index in [1.165, 1.54) is 0 Å². The Morgan fingerprint density at radius 3 is 2.65 bits per heavy atom. The first-order valence-corrected chi connectivity index (χ1v) is 6.60. The summed E-state index contributed by atoms with van der Waals surface area (Å²) < 4.78 is 5.91. The molecule has 1 aliphatic rings. The van der Waals surface area contributed by atoms with Crippen LogP contribution in [0.5, 0.6) is 5.75 Å². The van der Waals surface area contributed by atoms with Crippen molar-refractivity contribution >= 4 is 0 Å². The maximum atomic E-state index is 11.4. The highest BCUT2D eigenvalue weighted by Gasteiger charge is 2.39. The molecule has 2 aromatic carbocycles. The van der Waals surface area contributed by atoms with E-state index in [4.69, 9.17) is 4.74 Å². The number of benzene rings is 2. The molecule has 0 amide bonds. The topological polar surface area (TPSA) is 52.4 Å². The Bertz CT molecular complexity index is 639. The summed E-state index contributed by atoms with van der Waals surface area (Å²) in [5.74, 6) is 0.752. The zero-order valence-corrected chi connectivity index (χ0v) is 11.2. The quantitative estimate of drug-likeness (QED) is 0.620. The molecule has 0 fully saturated rings. The summed E-state index contributed by atoms with van der Waals surface area (Å²) in [6.07, 6.45) is -0.120. The summed E-state index contributed by atoms with van der Waals surface area (Å²) in [6, 6.07) is 14.5. The molecule has 1 aliphatic heterocycles. The van der Waals surface area contributed by atoms with E-state index >= 15 is 0 Å². The van der Waals surface area contributed by atoms with Crippen LogP contribution in [0.1, 0.15) is 22.8 Å². The lowest BCUT2D eigenvalue weighted by atomic mass is 9.92. The van der Waals surface area contributed by atoms with E-state index in [2.05, 4.69) is 0 Å². The first-order chi connectivity index (χ1) is 9.65. The van der Waals surface area contributed by atoms with E-state index in [1.54, 1.807) is 0 Å². The summed E-state index contributed by atoms with van der Waals surface area (Å²) in [5.41, 5.74) is 2.85. The number of nitrogens with zero attached hydrogens (tertiary/aromatic N) is 1. The number of hydrogen-bond acceptors (Lipinski definition) is 3. The van der Waals surface area contributed by atoms with Gasteiger partial charge in [-0.1, -0.05) is 48.0 Å². The van der Waals surface area contributed by atoms with Gasteiger partial charge in [-0.2, -0.15) is 0 Å². The second-order valence-corrected chi connectivity index (χ2v) is 5.12. The maximum Gasteiger partial charge on any atom is 0.257 e. The maximum absolute atomic E-state index is 11.4. The van der Waals surface area contributed by atoms with Crippen molar-refractivity contribution in [3.63, 3.8) is 0 Å². The standard InChI is InChI=1S/C16H15NO3/c1-11-7-8-15-13(9-11)10-14(17(18)19)16(20-15)12-5-3-2-4-6-12/h2-9,14,16H,10H2,1H3/t14-,16-/m0/s1. The highest BCUT2D eigenvalue weighted by Crippen LogP contribution is 2.36. The zero-order valence-electron chi connectivity index (χ0n) is 11.2. The lowest BCUT2D eigenvalue weighted by Gasteiger charge is -2.29. The number of ether oxygens (including phenoxy) is 1. The highest BCUT2D eigenvalue weighted by molar-refractivity contribution is 5.40. The molecular formula is C16H15NO3. The Hall–Kier alpha value is -2.36. The van der Waals surface area contributed by atoms with Gasteiger partial charge in [-0.15, -0.1) is 0 Å². The van der Waals surface area contributed by atoms with Gasteiger partial charge in [0.05, 0.1) is 0 Å². The van der Waals surface area contributed by atoms with Gasteiger partial charge in [-0.25, -0.2) is 0 Å². The second kappa shape index (κ2) is 4.96. The van der Waals surface area contributed by atoms with Gasteiger partial charge in [0.15, 0.2) is 6.10 Å². The van der Waals surface area contributed by atoms with Crippen molar-refractivity contribution < 1.29 is 9.66 Å². The van der Waals surface area contributed by atoms with Crippen molar-refractivity contribution in [2.24, 2.45) is 0 Å². The molecule has 0 bridgehead atoms. The van der Waals surface area contributed by atoms with Gasteiger partial charge in [-0.3, -0.25) is 10.1 Å². The van der Waals surface area contributed by atoms with Crippen molar-refractivity contribution in [1.29, 1.82) is 0 Å². The SMILES string of the molecule is Cc1ccc2c(c1)C[C@H]([N+](=O)[O-])[C@H](c1ccccc1)O2. The third-order valence-electron chi connectivity index (χ3n) is 3.65. The van der Waals surface area contributed by atoms with Crippen LogP contribution in [0.25, 0.3) is 0 Å². The first-order valence-electron chi connectivity index (χ1n) is 6.60. The van der Waals surface area contributed by atoms with Crippen molar-refractivity contribution in [3.05, 3.63) is 75.3 Å². The molecule has 1 heterocycles. The molecule has 4 heteroatoms. The lowest BCUT2D eigenvalue weighted by molar-refractivity contribution is -0.535. The molecule has 20 heavy (non-hydrogen) atoms. The van der Waals surface area contributed by atoms with Crippen LogP contribution in [-0.2, 0) is 6.42 Å². The van der Waals surface area contributed by atoms with Crippen LogP contribution < -0.4 is 4.74 Å². The molecule has 2 atom stereocenters. The largest absolute Gasteiger partial charge is 0.478 e. The predicted molar refractivity (Wildman–Crippen MR) is 75.5 cm³/mol. The van der Waals surface area contributed by atoms with E-state index in [-0.39, 0.29) is 4.92 Å². The van der Waals surface area contributed by atoms with Crippen LogP contribution in [-0.4, -0.2) is 11.0 Å². The fraction of sp³-hybridized carbons (Fsp3) is 0.250. The van der Waals surface area contributed by atoms with Crippen molar-refractivity contribution in [3.8, 4) is 5.75 Å². The predicted octanol–water partition coefficient (Wildman–Crippen LogP) is 3.32. The van der Waals surface area contributed by atoms with Gasteiger partial charge >= 0.3 is 0 Å². The van der Waals surface area contributed by atoms with Gasteiger partial charge < -0.3 is 4.74 Å². The first kappa shape index (κ1) is 12.7. The Morgan fingerprint density at radius 2 is 1.95 bits per heavy atom. The summed E-state index contributed by atoms with van der Waals surface area (Å²) in [7, 11) is 0. The fourth-order valence-electron chi connectivity index (χ4n) is 2.65. The van der Waals surface area contributed by atoms with Gasteiger partial charge in [0.1, 0.15) is 5.75 Å². The minimum Gasteiger partial charge on any atom is -0.478 e. The highest BCUT2D eigenvalue weighted by atomic mass is 16.6. The monoisotopic (exact) mass is 269 g/mol. The molecule has 0 unspecified atom stereocenters. The zero-order chi connectivity index (χ0) is 14.1. The smallest absolute Gasteiger partial charge is 0.257 e. The number of rotatable bonds is 2. The molecule has 3 rings (SSSR count). The molecule has 0 N–H and O–H groups in total. The molecule has 0 aromatic heterocycles. The van der Waals surface area contributed by atoms with E-state index in [0.29, 0.717) is 6.42 Å². The van der Waals surface area contributed by atoms with E-state index < -0.39 is 12.1 Å². The Balaban J connectivity index is 2.02. The molecule has 0 saturated carbocycles. The molecule has 102 valence electrons. The fourth-order valence-corrected chi connectivity index (χ4v) is 2.65. The van der Waals surface area contributed by atoms with Crippen LogP contribution in [0.15, 0.2) is 48.5 Å². The van der Waals surface area contributed by atoms with Crippen LogP contribution in [0.2, 0.25) is 0 Å². The molecule has 2 aromatic rings. The van der Waals surface area contributed by atoms with E-state index in [0.717, 1.165) is 22.4 Å². The van der Waals surface area contributed by atoms with Crippen molar-refractivity contribution in [2.75, 3.05) is 0 Å². The van der Waals surface area contributed by atoms with Crippen molar-refractivity contribution in [2.45, 2.75) is 25.5 Å². The van der Waals surface area contributed by atoms with Crippen LogP contribution in [0.4, 0.5) is 0 Å². The Labute approximate surface area is 117 Å². The number of fused-ring (bicyclic) bond motifs is 1. The molecule has 0 radical (unpaired) electrons. The summed E-state index contributed by atoms with van der Waals surface area (Å²) in [4.78, 5) is 11.1. The van der Waals surface area contributed by atoms with Gasteiger partial charge in [0.25, 0.3) is 6.04 Å². The molecule has 0 spiro atoms. The Morgan fingerprint density at radius 1 is 1.20 bits per heavy atom. The average molecular weight is 269 g/mol. The van der Waals surface area contributed by atoms with E-state index in [1.807, 2.05) is 55.5 Å². The number of aryl methyl sites for hydroxylation is 1. The minimum absolute atomic E-state index is 0.233. The van der Waals surface area contributed by atoms with Crippen LogP contribution in [0, 0.1) is 17.0 Å². The minimum atomic E-state index is -0.744.